The number of halogens is 2. The number of benzene rings is 1. The van der Waals surface area contributed by atoms with Gasteiger partial charge in [-0.15, -0.1) is 12.4 Å². The maximum absolute atomic E-state index is 12.3. The molecule has 0 aliphatic heterocycles. The second-order valence-corrected chi connectivity index (χ2v) is 7.56. The Bertz CT molecular complexity index is 501. The summed E-state index contributed by atoms with van der Waals surface area (Å²) in [6.45, 7) is 4.66. The predicted molar refractivity (Wildman–Crippen MR) is 81.4 cm³/mol. The van der Waals surface area contributed by atoms with Crippen molar-refractivity contribution >= 4 is 34.0 Å². The molecule has 0 fully saturated rings. The lowest BCUT2D eigenvalue weighted by Gasteiger charge is -2.28. The summed E-state index contributed by atoms with van der Waals surface area (Å²) in [4.78, 5) is 0.238. The lowest BCUT2D eigenvalue weighted by molar-refractivity contribution is 0.292. The molecule has 1 aromatic carbocycles. The van der Waals surface area contributed by atoms with Gasteiger partial charge in [-0.2, -0.15) is 0 Å². The zero-order valence-electron chi connectivity index (χ0n) is 11.3. The molecule has 4 nitrogen and oxygen atoms in total. The summed E-state index contributed by atoms with van der Waals surface area (Å²) in [5.41, 5.74) is 5.36. The molecule has 0 bridgehead atoms. The van der Waals surface area contributed by atoms with Gasteiger partial charge in [0.05, 0.1) is 4.90 Å². The van der Waals surface area contributed by atoms with Crippen molar-refractivity contribution in [2.75, 3.05) is 20.1 Å². The van der Waals surface area contributed by atoms with Gasteiger partial charge >= 0.3 is 0 Å². The number of sulfonamides is 1. The van der Waals surface area contributed by atoms with Gasteiger partial charge in [-0.25, -0.2) is 12.7 Å². The Morgan fingerprint density at radius 2 is 1.74 bits per heavy atom. The lowest BCUT2D eigenvalue weighted by Crippen LogP contribution is -2.39. The number of hydrogen-bond acceptors (Lipinski definition) is 3. The van der Waals surface area contributed by atoms with Crippen LogP contribution in [-0.4, -0.2) is 32.9 Å². The van der Waals surface area contributed by atoms with Gasteiger partial charge in [0.25, 0.3) is 0 Å². The molecule has 1 aromatic rings. The molecule has 0 saturated carbocycles. The van der Waals surface area contributed by atoms with Crippen LogP contribution in [0.2, 0.25) is 5.02 Å². The van der Waals surface area contributed by atoms with Crippen LogP contribution in [0.4, 0.5) is 0 Å². The average molecular weight is 327 g/mol. The quantitative estimate of drug-likeness (QED) is 0.903. The Balaban J connectivity index is 0.00000324. The van der Waals surface area contributed by atoms with Crippen LogP contribution in [0.15, 0.2) is 29.2 Å². The average Bonchev–Trinajstić information content (AvgIpc) is 2.29. The van der Waals surface area contributed by atoms with E-state index in [0.29, 0.717) is 18.1 Å². The van der Waals surface area contributed by atoms with Crippen LogP contribution >= 0.6 is 24.0 Å². The summed E-state index contributed by atoms with van der Waals surface area (Å²) in [7, 11) is -1.92. The molecule has 110 valence electrons. The summed E-state index contributed by atoms with van der Waals surface area (Å²) >= 11 is 5.75. The molecule has 0 atom stereocenters. The summed E-state index contributed by atoms with van der Waals surface area (Å²) in [6.07, 6.45) is 0. The Labute approximate surface area is 126 Å². The van der Waals surface area contributed by atoms with Gasteiger partial charge in [0, 0.05) is 18.6 Å². The van der Waals surface area contributed by atoms with E-state index < -0.39 is 10.0 Å². The maximum Gasteiger partial charge on any atom is 0.242 e. The highest BCUT2D eigenvalue weighted by Gasteiger charge is 2.26. The highest BCUT2D eigenvalue weighted by Crippen LogP contribution is 2.21. The zero-order valence-corrected chi connectivity index (χ0v) is 13.6. The third-order valence-corrected chi connectivity index (χ3v) is 4.79. The van der Waals surface area contributed by atoms with Crippen molar-refractivity contribution in [2.24, 2.45) is 11.1 Å². The molecule has 1 rings (SSSR count). The molecule has 0 aliphatic rings. The Morgan fingerprint density at radius 1 is 1.26 bits per heavy atom. The highest BCUT2D eigenvalue weighted by molar-refractivity contribution is 7.89. The molecule has 0 radical (unpaired) electrons. The summed E-state index contributed by atoms with van der Waals surface area (Å²) in [5, 5.41) is 0.513. The fourth-order valence-corrected chi connectivity index (χ4v) is 3.02. The largest absolute Gasteiger partial charge is 0.330 e. The van der Waals surface area contributed by atoms with E-state index in [9.17, 15) is 8.42 Å². The van der Waals surface area contributed by atoms with Crippen molar-refractivity contribution in [3.05, 3.63) is 29.3 Å². The van der Waals surface area contributed by atoms with Gasteiger partial charge in [0.2, 0.25) is 10.0 Å². The summed E-state index contributed by atoms with van der Waals surface area (Å²) < 4.78 is 25.9. The second-order valence-electron chi connectivity index (χ2n) is 5.08. The van der Waals surface area contributed by atoms with Crippen LogP contribution in [0.25, 0.3) is 0 Å². The van der Waals surface area contributed by atoms with E-state index in [1.54, 1.807) is 19.2 Å². The van der Waals surface area contributed by atoms with Gasteiger partial charge in [-0.05, 0) is 36.2 Å². The van der Waals surface area contributed by atoms with E-state index in [1.165, 1.54) is 16.4 Å². The van der Waals surface area contributed by atoms with Crippen LogP contribution in [0, 0.1) is 5.41 Å². The SMILES string of the molecule is CN(CC(C)(C)CN)S(=O)(=O)c1ccc(Cl)cc1.Cl. The number of rotatable bonds is 5. The summed E-state index contributed by atoms with van der Waals surface area (Å²) in [5.74, 6) is 0. The van der Waals surface area contributed by atoms with Crippen molar-refractivity contribution in [2.45, 2.75) is 18.7 Å². The molecule has 0 heterocycles. The minimum atomic E-state index is -3.48. The molecule has 0 aliphatic carbocycles. The zero-order chi connectivity index (χ0) is 14.0. The van der Waals surface area contributed by atoms with E-state index in [1.807, 2.05) is 13.8 Å². The van der Waals surface area contributed by atoms with Crippen molar-refractivity contribution in [3.63, 3.8) is 0 Å². The molecular formula is C12H20Cl2N2O2S. The highest BCUT2D eigenvalue weighted by atomic mass is 35.5. The molecule has 0 amide bonds. The van der Waals surface area contributed by atoms with E-state index >= 15 is 0 Å². The molecular weight excluding hydrogens is 307 g/mol. The van der Waals surface area contributed by atoms with Crippen molar-refractivity contribution in [1.82, 2.24) is 4.31 Å². The predicted octanol–water partition coefficient (Wildman–Crippen LogP) is 2.37. The number of nitrogens with two attached hydrogens (primary N) is 1. The molecule has 0 aromatic heterocycles. The number of nitrogens with zero attached hydrogens (tertiary/aromatic N) is 1. The van der Waals surface area contributed by atoms with Crippen LogP contribution in [0.3, 0.4) is 0 Å². The van der Waals surface area contributed by atoms with E-state index in [4.69, 9.17) is 17.3 Å². The van der Waals surface area contributed by atoms with Gasteiger partial charge in [-0.1, -0.05) is 25.4 Å². The molecule has 19 heavy (non-hydrogen) atoms. The molecule has 0 unspecified atom stereocenters. The smallest absolute Gasteiger partial charge is 0.242 e. The van der Waals surface area contributed by atoms with Gasteiger partial charge < -0.3 is 5.73 Å². The van der Waals surface area contributed by atoms with E-state index in [0.717, 1.165) is 0 Å². The maximum atomic E-state index is 12.3. The Morgan fingerprint density at radius 3 is 2.16 bits per heavy atom. The first-order valence-corrected chi connectivity index (χ1v) is 7.43. The molecule has 7 heteroatoms. The second kappa shape index (κ2) is 6.90. The monoisotopic (exact) mass is 326 g/mol. The number of hydrogen-bond donors (Lipinski definition) is 1. The van der Waals surface area contributed by atoms with Gasteiger partial charge in [0.15, 0.2) is 0 Å². The standard InChI is InChI=1S/C12H19ClN2O2S.ClH/c1-12(2,8-14)9-15(3)18(16,17)11-6-4-10(13)5-7-11;/h4-7H,8-9,14H2,1-3H3;1H. The minimum Gasteiger partial charge on any atom is -0.330 e. The van der Waals surface area contributed by atoms with Crippen molar-refractivity contribution in [3.8, 4) is 0 Å². The minimum absolute atomic E-state index is 0. The first kappa shape index (κ1) is 18.7. The van der Waals surface area contributed by atoms with Gasteiger partial charge in [-0.3, -0.25) is 0 Å². The van der Waals surface area contributed by atoms with Crippen LogP contribution < -0.4 is 5.73 Å². The molecule has 2 N–H and O–H groups in total. The third-order valence-electron chi connectivity index (χ3n) is 2.73. The molecule has 0 saturated heterocycles. The van der Waals surface area contributed by atoms with E-state index in [-0.39, 0.29) is 22.7 Å². The van der Waals surface area contributed by atoms with Crippen molar-refractivity contribution in [1.29, 1.82) is 0 Å². The fourth-order valence-electron chi connectivity index (χ4n) is 1.54. The van der Waals surface area contributed by atoms with Crippen LogP contribution in [0.1, 0.15) is 13.8 Å². The topological polar surface area (TPSA) is 63.4 Å². The third kappa shape index (κ3) is 4.93. The Kier molecular flexibility index (Phi) is 6.78. The first-order valence-electron chi connectivity index (χ1n) is 5.61. The molecule has 0 spiro atoms. The summed E-state index contributed by atoms with van der Waals surface area (Å²) in [6, 6.07) is 6.14. The van der Waals surface area contributed by atoms with Crippen LogP contribution in [0.5, 0.6) is 0 Å². The Hall–Kier alpha value is -0.330. The van der Waals surface area contributed by atoms with Crippen LogP contribution in [-0.2, 0) is 10.0 Å². The normalized spacial score (nSPS) is 12.3. The van der Waals surface area contributed by atoms with E-state index in [2.05, 4.69) is 0 Å². The van der Waals surface area contributed by atoms with Gasteiger partial charge in [0.1, 0.15) is 0 Å². The fraction of sp³-hybridized carbons (Fsp3) is 0.500. The van der Waals surface area contributed by atoms with Crippen molar-refractivity contribution < 1.29 is 8.42 Å². The first-order chi connectivity index (χ1) is 8.19. The lowest BCUT2D eigenvalue weighted by atomic mass is 9.94.